The lowest BCUT2D eigenvalue weighted by Gasteiger charge is -2.22. The van der Waals surface area contributed by atoms with Crippen molar-refractivity contribution in [3.63, 3.8) is 0 Å². The zero-order valence-electron chi connectivity index (χ0n) is 10.5. The van der Waals surface area contributed by atoms with E-state index in [0.717, 1.165) is 31.6 Å². The first-order chi connectivity index (χ1) is 8.70. The number of amides is 1. The molecule has 1 fully saturated rings. The van der Waals surface area contributed by atoms with Crippen LogP contribution in [0.25, 0.3) is 0 Å². The Morgan fingerprint density at radius 3 is 2.78 bits per heavy atom. The van der Waals surface area contributed by atoms with Crippen LogP contribution in [-0.2, 0) is 4.79 Å². The highest BCUT2D eigenvalue weighted by molar-refractivity contribution is 5.81. The number of carbonyl (C=O) groups excluding carboxylic acids is 1. The Morgan fingerprint density at radius 1 is 1.50 bits per heavy atom. The van der Waals surface area contributed by atoms with Crippen molar-refractivity contribution in [1.29, 1.82) is 5.26 Å². The number of pyridine rings is 1. The van der Waals surface area contributed by atoms with Crippen molar-refractivity contribution in [2.24, 2.45) is 0 Å². The van der Waals surface area contributed by atoms with Gasteiger partial charge in [-0.15, -0.1) is 0 Å². The minimum absolute atomic E-state index is 0.152. The first kappa shape index (κ1) is 12.4. The maximum atomic E-state index is 12.0. The van der Waals surface area contributed by atoms with Crippen LogP contribution in [0.5, 0.6) is 0 Å². The lowest BCUT2D eigenvalue weighted by atomic mass is 10.3. The molecule has 1 amide bonds. The number of nitriles is 1. The van der Waals surface area contributed by atoms with E-state index in [0.29, 0.717) is 12.2 Å². The molecule has 0 N–H and O–H groups in total. The van der Waals surface area contributed by atoms with Crippen molar-refractivity contribution >= 4 is 11.6 Å². The Labute approximate surface area is 107 Å². The summed E-state index contributed by atoms with van der Waals surface area (Å²) < 4.78 is 0. The molecular weight excluding hydrogens is 228 g/mol. The normalized spacial score (nSPS) is 14.3. The third kappa shape index (κ3) is 2.77. The monoisotopic (exact) mass is 244 g/mol. The summed E-state index contributed by atoms with van der Waals surface area (Å²) in [5.41, 5.74) is 1.24. The van der Waals surface area contributed by atoms with E-state index in [4.69, 9.17) is 5.26 Å². The van der Waals surface area contributed by atoms with Crippen LogP contribution < -0.4 is 4.90 Å². The molecule has 18 heavy (non-hydrogen) atoms. The fourth-order valence-corrected chi connectivity index (χ4v) is 2.04. The van der Waals surface area contributed by atoms with Crippen LogP contribution in [0.15, 0.2) is 18.3 Å². The van der Waals surface area contributed by atoms with Crippen molar-refractivity contribution in [3.8, 4) is 6.07 Å². The number of anilines is 1. The maximum absolute atomic E-state index is 12.0. The predicted molar refractivity (Wildman–Crippen MR) is 68.0 cm³/mol. The highest BCUT2D eigenvalue weighted by Gasteiger charge is 2.19. The van der Waals surface area contributed by atoms with Crippen LogP contribution in [0.4, 0.5) is 5.69 Å². The van der Waals surface area contributed by atoms with Crippen molar-refractivity contribution in [2.45, 2.75) is 12.8 Å². The van der Waals surface area contributed by atoms with Crippen LogP contribution in [-0.4, -0.2) is 42.5 Å². The van der Waals surface area contributed by atoms with Gasteiger partial charge in [0.1, 0.15) is 11.8 Å². The van der Waals surface area contributed by atoms with Crippen LogP contribution in [0.1, 0.15) is 18.5 Å². The quantitative estimate of drug-likeness (QED) is 0.796. The summed E-state index contributed by atoms with van der Waals surface area (Å²) in [4.78, 5) is 19.7. The molecule has 94 valence electrons. The third-order valence-corrected chi connectivity index (χ3v) is 3.13. The van der Waals surface area contributed by atoms with Gasteiger partial charge in [-0.1, -0.05) is 0 Å². The van der Waals surface area contributed by atoms with Gasteiger partial charge in [-0.3, -0.25) is 4.79 Å². The minimum Gasteiger partial charge on any atom is -0.364 e. The van der Waals surface area contributed by atoms with E-state index >= 15 is 0 Å². The van der Waals surface area contributed by atoms with Gasteiger partial charge in [0.15, 0.2) is 0 Å². The SMILES string of the molecule is CN(CC(=O)N1CCCC1)c1ccc(C#N)nc1. The molecule has 1 aromatic heterocycles. The summed E-state index contributed by atoms with van der Waals surface area (Å²) in [6.07, 6.45) is 3.83. The van der Waals surface area contributed by atoms with E-state index in [2.05, 4.69) is 4.98 Å². The topological polar surface area (TPSA) is 60.2 Å². The van der Waals surface area contributed by atoms with E-state index < -0.39 is 0 Å². The molecule has 0 bridgehead atoms. The van der Waals surface area contributed by atoms with Gasteiger partial charge in [0.2, 0.25) is 5.91 Å². The summed E-state index contributed by atoms with van der Waals surface area (Å²) in [5, 5.41) is 8.67. The Balaban J connectivity index is 1.96. The largest absolute Gasteiger partial charge is 0.364 e. The van der Waals surface area contributed by atoms with E-state index in [1.54, 1.807) is 12.3 Å². The van der Waals surface area contributed by atoms with Gasteiger partial charge < -0.3 is 9.80 Å². The van der Waals surface area contributed by atoms with Crippen LogP contribution in [0.2, 0.25) is 0 Å². The zero-order chi connectivity index (χ0) is 13.0. The molecule has 2 rings (SSSR count). The van der Waals surface area contributed by atoms with Crippen molar-refractivity contribution in [1.82, 2.24) is 9.88 Å². The fourth-order valence-electron chi connectivity index (χ4n) is 2.04. The van der Waals surface area contributed by atoms with Gasteiger partial charge >= 0.3 is 0 Å². The number of hydrogen-bond acceptors (Lipinski definition) is 4. The minimum atomic E-state index is 0.152. The van der Waals surface area contributed by atoms with Gasteiger partial charge in [0, 0.05) is 20.1 Å². The number of aromatic nitrogens is 1. The number of nitrogens with zero attached hydrogens (tertiary/aromatic N) is 4. The molecule has 0 radical (unpaired) electrons. The standard InChI is InChI=1S/C13H16N4O/c1-16(10-13(18)17-6-2-3-7-17)12-5-4-11(8-14)15-9-12/h4-5,9H,2-3,6-7,10H2,1H3. The molecule has 1 aromatic rings. The average molecular weight is 244 g/mol. The average Bonchev–Trinajstić information content (AvgIpc) is 2.92. The second-order valence-corrected chi connectivity index (χ2v) is 4.46. The fraction of sp³-hybridized carbons (Fsp3) is 0.462. The molecule has 0 aliphatic carbocycles. The molecule has 0 spiro atoms. The lowest BCUT2D eigenvalue weighted by molar-refractivity contribution is -0.128. The van der Waals surface area contributed by atoms with Crippen LogP contribution in [0, 0.1) is 11.3 Å². The number of likely N-dealkylation sites (tertiary alicyclic amines) is 1. The summed E-state index contributed by atoms with van der Waals surface area (Å²) in [6, 6.07) is 5.44. The lowest BCUT2D eigenvalue weighted by Crippen LogP contribution is -2.37. The first-order valence-electron chi connectivity index (χ1n) is 6.06. The smallest absolute Gasteiger partial charge is 0.242 e. The maximum Gasteiger partial charge on any atom is 0.242 e. The molecule has 0 unspecified atom stereocenters. The molecular formula is C13H16N4O. The van der Waals surface area contributed by atoms with Crippen molar-refractivity contribution in [3.05, 3.63) is 24.0 Å². The summed E-state index contributed by atoms with van der Waals surface area (Å²) in [6.45, 7) is 2.10. The van der Waals surface area contributed by atoms with Gasteiger partial charge in [-0.2, -0.15) is 5.26 Å². The second-order valence-electron chi connectivity index (χ2n) is 4.46. The Hall–Kier alpha value is -2.09. The Morgan fingerprint density at radius 2 is 2.22 bits per heavy atom. The van der Waals surface area contributed by atoms with E-state index in [1.807, 2.05) is 29.0 Å². The number of likely N-dealkylation sites (N-methyl/N-ethyl adjacent to an activating group) is 1. The van der Waals surface area contributed by atoms with Gasteiger partial charge in [-0.25, -0.2) is 4.98 Å². The number of rotatable bonds is 3. The van der Waals surface area contributed by atoms with Crippen LogP contribution >= 0.6 is 0 Å². The Bertz CT molecular complexity index is 457. The number of hydrogen-bond donors (Lipinski definition) is 0. The van der Waals surface area contributed by atoms with E-state index in [9.17, 15) is 4.79 Å². The van der Waals surface area contributed by atoms with Gasteiger partial charge in [0.05, 0.1) is 18.4 Å². The summed E-state index contributed by atoms with van der Waals surface area (Å²) in [7, 11) is 1.86. The Kier molecular flexibility index (Phi) is 3.78. The molecule has 1 saturated heterocycles. The first-order valence-corrected chi connectivity index (χ1v) is 6.06. The third-order valence-electron chi connectivity index (χ3n) is 3.13. The molecule has 1 aliphatic heterocycles. The predicted octanol–water partition coefficient (Wildman–Crippen LogP) is 1.01. The molecule has 0 atom stereocenters. The summed E-state index contributed by atoms with van der Waals surface area (Å²) in [5.74, 6) is 0.152. The van der Waals surface area contributed by atoms with E-state index in [1.165, 1.54) is 0 Å². The highest BCUT2D eigenvalue weighted by Crippen LogP contribution is 2.13. The molecule has 5 heteroatoms. The van der Waals surface area contributed by atoms with Crippen LogP contribution in [0.3, 0.4) is 0 Å². The molecule has 0 aromatic carbocycles. The van der Waals surface area contributed by atoms with E-state index in [-0.39, 0.29) is 5.91 Å². The summed E-state index contributed by atoms with van der Waals surface area (Å²) >= 11 is 0. The molecule has 1 aliphatic rings. The second kappa shape index (κ2) is 5.50. The van der Waals surface area contributed by atoms with Gasteiger partial charge in [-0.05, 0) is 25.0 Å². The number of carbonyl (C=O) groups is 1. The molecule has 0 saturated carbocycles. The zero-order valence-corrected chi connectivity index (χ0v) is 10.5. The molecule has 5 nitrogen and oxygen atoms in total. The highest BCUT2D eigenvalue weighted by atomic mass is 16.2. The molecule has 2 heterocycles. The van der Waals surface area contributed by atoms with Gasteiger partial charge in [0.25, 0.3) is 0 Å². The van der Waals surface area contributed by atoms with Crippen molar-refractivity contribution in [2.75, 3.05) is 31.6 Å². The van der Waals surface area contributed by atoms with Crippen molar-refractivity contribution < 1.29 is 4.79 Å².